The second-order valence-electron chi connectivity index (χ2n) is 5.07. The van der Waals surface area contributed by atoms with Gasteiger partial charge >= 0.3 is 0 Å². The van der Waals surface area contributed by atoms with Crippen molar-refractivity contribution in [3.63, 3.8) is 0 Å². The van der Waals surface area contributed by atoms with Crippen LogP contribution in [0, 0.1) is 13.8 Å². The van der Waals surface area contributed by atoms with E-state index in [0.29, 0.717) is 34.4 Å². The number of aryl methyl sites for hydroxylation is 2. The maximum atomic E-state index is 12.5. The maximum absolute atomic E-state index is 12.5. The van der Waals surface area contributed by atoms with Crippen LogP contribution >= 0.6 is 0 Å². The largest absolute Gasteiger partial charge is 0.492 e. The standard InChI is InChI=1S/C16H17NO4/c1-8-6-10-13(12(18)4-5-17)14-11(7-9(2)20-14)15(19-3)16(10)21-8/h6-7H,4-5,17H2,1-3H3. The van der Waals surface area contributed by atoms with Crippen molar-refractivity contribution in [1.82, 2.24) is 0 Å². The fourth-order valence-corrected chi connectivity index (χ4v) is 2.72. The van der Waals surface area contributed by atoms with E-state index in [2.05, 4.69) is 0 Å². The van der Waals surface area contributed by atoms with E-state index < -0.39 is 0 Å². The van der Waals surface area contributed by atoms with Gasteiger partial charge in [0.15, 0.2) is 17.1 Å². The number of hydrogen-bond donors (Lipinski definition) is 1. The van der Waals surface area contributed by atoms with Crippen LogP contribution in [0.15, 0.2) is 21.0 Å². The van der Waals surface area contributed by atoms with Crippen molar-refractivity contribution in [2.75, 3.05) is 13.7 Å². The van der Waals surface area contributed by atoms with E-state index in [1.165, 1.54) is 0 Å². The summed E-state index contributed by atoms with van der Waals surface area (Å²) in [6.07, 6.45) is 0.264. The first-order valence-electron chi connectivity index (χ1n) is 6.80. The molecule has 21 heavy (non-hydrogen) atoms. The van der Waals surface area contributed by atoms with E-state index >= 15 is 0 Å². The highest BCUT2D eigenvalue weighted by Gasteiger charge is 2.24. The number of hydrogen-bond acceptors (Lipinski definition) is 5. The Hall–Kier alpha value is -2.27. The molecule has 1 aromatic carbocycles. The number of furan rings is 2. The number of Topliss-reactive ketones (excluding diaryl/α,β-unsaturated/α-hetero) is 1. The van der Waals surface area contributed by atoms with Gasteiger partial charge in [0.25, 0.3) is 0 Å². The normalized spacial score (nSPS) is 11.4. The first-order valence-corrected chi connectivity index (χ1v) is 6.80. The zero-order chi connectivity index (χ0) is 15.1. The summed E-state index contributed by atoms with van der Waals surface area (Å²) in [5.74, 6) is 1.98. The summed E-state index contributed by atoms with van der Waals surface area (Å²) in [5.41, 5.74) is 7.16. The molecule has 0 atom stereocenters. The molecular weight excluding hydrogens is 270 g/mol. The van der Waals surface area contributed by atoms with Crippen LogP contribution in [0.5, 0.6) is 5.75 Å². The monoisotopic (exact) mass is 287 g/mol. The molecule has 5 heteroatoms. The van der Waals surface area contributed by atoms with E-state index in [0.717, 1.165) is 16.9 Å². The number of methoxy groups -OCH3 is 1. The minimum atomic E-state index is -0.0506. The van der Waals surface area contributed by atoms with Gasteiger partial charge in [-0.2, -0.15) is 0 Å². The number of nitrogens with two attached hydrogens (primary N) is 1. The van der Waals surface area contributed by atoms with Gasteiger partial charge in [-0.15, -0.1) is 0 Å². The van der Waals surface area contributed by atoms with Crippen molar-refractivity contribution in [2.45, 2.75) is 20.3 Å². The van der Waals surface area contributed by atoms with E-state index in [-0.39, 0.29) is 12.2 Å². The highest BCUT2D eigenvalue weighted by atomic mass is 16.5. The molecule has 0 aliphatic heterocycles. The van der Waals surface area contributed by atoms with Crippen molar-refractivity contribution >= 4 is 27.7 Å². The second kappa shape index (κ2) is 4.93. The van der Waals surface area contributed by atoms with E-state index in [4.69, 9.17) is 19.3 Å². The molecule has 0 unspecified atom stereocenters. The van der Waals surface area contributed by atoms with Crippen LogP contribution in [0.25, 0.3) is 21.9 Å². The molecule has 2 N–H and O–H groups in total. The first-order chi connectivity index (χ1) is 10.1. The fourth-order valence-electron chi connectivity index (χ4n) is 2.72. The van der Waals surface area contributed by atoms with Gasteiger partial charge in [-0.05, 0) is 32.5 Å². The summed E-state index contributed by atoms with van der Waals surface area (Å²) in [5, 5.41) is 1.46. The Labute approximate surface area is 121 Å². The van der Waals surface area contributed by atoms with Crippen molar-refractivity contribution in [1.29, 1.82) is 0 Å². The molecule has 0 saturated carbocycles. The molecule has 0 fully saturated rings. The average molecular weight is 287 g/mol. The molecule has 0 radical (unpaired) electrons. The number of carbonyl (C=O) groups is 1. The third-order valence-electron chi connectivity index (χ3n) is 3.51. The van der Waals surface area contributed by atoms with Crippen molar-refractivity contribution in [3.8, 4) is 5.75 Å². The number of fused-ring (bicyclic) bond motifs is 2. The molecule has 2 heterocycles. The van der Waals surface area contributed by atoms with Crippen LogP contribution in [0.2, 0.25) is 0 Å². The lowest BCUT2D eigenvalue weighted by Crippen LogP contribution is -2.09. The van der Waals surface area contributed by atoms with Crippen molar-refractivity contribution in [3.05, 3.63) is 29.2 Å². The minimum absolute atomic E-state index is 0.0506. The molecule has 0 bridgehead atoms. The molecule has 5 nitrogen and oxygen atoms in total. The van der Waals surface area contributed by atoms with Gasteiger partial charge in [0.1, 0.15) is 17.1 Å². The first kappa shape index (κ1) is 13.7. The summed E-state index contributed by atoms with van der Waals surface area (Å²) in [6, 6.07) is 3.68. The summed E-state index contributed by atoms with van der Waals surface area (Å²) in [7, 11) is 1.58. The van der Waals surface area contributed by atoms with Gasteiger partial charge < -0.3 is 19.3 Å². The average Bonchev–Trinajstić information content (AvgIpc) is 2.97. The smallest absolute Gasteiger partial charge is 0.177 e. The third-order valence-corrected chi connectivity index (χ3v) is 3.51. The Kier molecular flexibility index (Phi) is 3.22. The van der Waals surface area contributed by atoms with Gasteiger partial charge in [-0.1, -0.05) is 0 Å². The van der Waals surface area contributed by atoms with Crippen LogP contribution in [0.1, 0.15) is 28.3 Å². The quantitative estimate of drug-likeness (QED) is 0.744. The molecular formula is C16H17NO4. The Bertz CT molecular complexity index is 783. The second-order valence-corrected chi connectivity index (χ2v) is 5.07. The fraction of sp³-hybridized carbons (Fsp3) is 0.312. The number of benzene rings is 1. The number of ketones is 1. The maximum Gasteiger partial charge on any atom is 0.177 e. The van der Waals surface area contributed by atoms with Crippen LogP contribution in [0.4, 0.5) is 0 Å². The highest BCUT2D eigenvalue weighted by molar-refractivity contribution is 6.19. The molecule has 0 amide bonds. The predicted octanol–water partition coefficient (Wildman–Crippen LogP) is 3.34. The van der Waals surface area contributed by atoms with Crippen LogP contribution < -0.4 is 10.5 Å². The van der Waals surface area contributed by atoms with Gasteiger partial charge in [0.05, 0.1) is 18.1 Å². The SMILES string of the molecule is COc1c2cc(C)oc2c(C(=O)CCN)c2cc(C)oc12. The molecule has 110 valence electrons. The lowest BCUT2D eigenvalue weighted by molar-refractivity contribution is 0.0987. The van der Waals surface area contributed by atoms with Crippen molar-refractivity contribution < 1.29 is 18.4 Å². The molecule has 3 rings (SSSR count). The summed E-state index contributed by atoms with van der Waals surface area (Å²) >= 11 is 0. The molecule has 0 saturated heterocycles. The lowest BCUT2D eigenvalue weighted by atomic mass is 10.0. The zero-order valence-electron chi connectivity index (χ0n) is 12.3. The molecule has 0 spiro atoms. The molecule has 3 aromatic rings. The van der Waals surface area contributed by atoms with E-state index in [1.54, 1.807) is 7.11 Å². The number of ether oxygens (including phenoxy) is 1. The predicted molar refractivity (Wildman–Crippen MR) is 80.0 cm³/mol. The molecule has 0 aliphatic rings. The van der Waals surface area contributed by atoms with Gasteiger partial charge in [-0.3, -0.25) is 4.79 Å². The topological polar surface area (TPSA) is 78.6 Å². The van der Waals surface area contributed by atoms with E-state index in [9.17, 15) is 4.79 Å². The van der Waals surface area contributed by atoms with Crippen LogP contribution in [-0.2, 0) is 0 Å². The van der Waals surface area contributed by atoms with Gasteiger partial charge in [-0.25, -0.2) is 0 Å². The molecule has 2 aromatic heterocycles. The lowest BCUT2D eigenvalue weighted by Gasteiger charge is -2.07. The summed E-state index contributed by atoms with van der Waals surface area (Å²) < 4.78 is 16.9. The number of carbonyl (C=O) groups excluding carboxylic acids is 1. The van der Waals surface area contributed by atoms with Gasteiger partial charge in [0.2, 0.25) is 0 Å². The zero-order valence-corrected chi connectivity index (χ0v) is 12.3. The van der Waals surface area contributed by atoms with Crippen LogP contribution in [0.3, 0.4) is 0 Å². The minimum Gasteiger partial charge on any atom is -0.492 e. The van der Waals surface area contributed by atoms with Crippen molar-refractivity contribution in [2.24, 2.45) is 5.73 Å². The molecule has 0 aliphatic carbocycles. The van der Waals surface area contributed by atoms with Crippen LogP contribution in [-0.4, -0.2) is 19.4 Å². The van der Waals surface area contributed by atoms with E-state index in [1.807, 2.05) is 26.0 Å². The summed E-state index contributed by atoms with van der Waals surface area (Å²) in [4.78, 5) is 12.5. The Morgan fingerprint density at radius 2 is 1.76 bits per heavy atom. The third kappa shape index (κ3) is 2.01. The number of rotatable bonds is 4. The highest BCUT2D eigenvalue weighted by Crippen LogP contribution is 2.41. The summed E-state index contributed by atoms with van der Waals surface area (Å²) in [6.45, 7) is 3.97. The Morgan fingerprint density at radius 3 is 2.38 bits per heavy atom. The Morgan fingerprint density at radius 1 is 1.14 bits per heavy atom. The Balaban J connectivity index is 2.48. The van der Waals surface area contributed by atoms with Gasteiger partial charge in [0, 0.05) is 11.8 Å².